The van der Waals surface area contributed by atoms with Crippen LogP contribution in [-0.4, -0.2) is 26.4 Å². The van der Waals surface area contributed by atoms with Crippen LogP contribution in [0.25, 0.3) is 0 Å². The molecule has 6 nitrogen and oxygen atoms in total. The summed E-state index contributed by atoms with van der Waals surface area (Å²) >= 11 is 13.1. The number of halogens is 3. The van der Waals surface area contributed by atoms with Crippen molar-refractivity contribution < 1.29 is 13.9 Å². The van der Waals surface area contributed by atoms with Gasteiger partial charge in [-0.25, -0.2) is 4.39 Å². The molecular formula is C19H17Cl2FN4O2S. The van der Waals surface area contributed by atoms with E-state index >= 15 is 0 Å². The average molecular weight is 455 g/mol. The third kappa shape index (κ3) is 5.62. The third-order valence-corrected chi connectivity index (χ3v) is 5.65. The van der Waals surface area contributed by atoms with E-state index in [0.717, 1.165) is 0 Å². The zero-order chi connectivity index (χ0) is 21.0. The van der Waals surface area contributed by atoms with Gasteiger partial charge in [0.25, 0.3) is 0 Å². The van der Waals surface area contributed by atoms with E-state index in [1.54, 1.807) is 41.9 Å². The number of thioether (sulfide) groups is 1. The summed E-state index contributed by atoms with van der Waals surface area (Å²) in [4.78, 5) is 12.2. The van der Waals surface area contributed by atoms with Crippen LogP contribution in [0.1, 0.15) is 18.9 Å². The number of carbonyl (C=O) groups is 1. The molecule has 3 rings (SSSR count). The second-order valence-corrected chi connectivity index (χ2v) is 7.84. The molecule has 29 heavy (non-hydrogen) atoms. The first-order valence-electron chi connectivity index (χ1n) is 8.52. The topological polar surface area (TPSA) is 69.0 Å². The van der Waals surface area contributed by atoms with Crippen molar-refractivity contribution in [2.24, 2.45) is 7.05 Å². The Kier molecular flexibility index (Phi) is 7.00. The van der Waals surface area contributed by atoms with E-state index in [4.69, 9.17) is 27.9 Å². The number of hydrogen-bond donors (Lipinski definition) is 1. The molecule has 0 spiro atoms. The van der Waals surface area contributed by atoms with Crippen molar-refractivity contribution in [3.63, 3.8) is 0 Å². The van der Waals surface area contributed by atoms with Crippen LogP contribution in [0.4, 0.5) is 10.1 Å². The summed E-state index contributed by atoms with van der Waals surface area (Å²) in [6, 6.07) is 10.6. The molecule has 152 valence electrons. The molecule has 0 aliphatic rings. The quantitative estimate of drug-likeness (QED) is 0.501. The van der Waals surface area contributed by atoms with Gasteiger partial charge in [-0.15, -0.1) is 10.2 Å². The number of carbonyl (C=O) groups excluding carboxylic acids is 1. The molecule has 0 aliphatic carbocycles. The summed E-state index contributed by atoms with van der Waals surface area (Å²) in [5.41, 5.74) is 0.560. The molecule has 1 amide bonds. The lowest BCUT2D eigenvalue weighted by molar-refractivity contribution is -0.113. The smallest absolute Gasteiger partial charge is 0.234 e. The van der Waals surface area contributed by atoms with Crippen LogP contribution in [0.3, 0.4) is 0 Å². The molecule has 10 heteroatoms. The molecule has 2 aromatic carbocycles. The fraction of sp³-hybridized carbons (Fsp3) is 0.211. The van der Waals surface area contributed by atoms with Gasteiger partial charge in [0, 0.05) is 12.7 Å². The second kappa shape index (κ2) is 9.47. The molecule has 0 aliphatic heterocycles. The zero-order valence-electron chi connectivity index (χ0n) is 15.5. The normalized spacial score (nSPS) is 11.9. The lowest BCUT2D eigenvalue weighted by atomic mass is 10.3. The van der Waals surface area contributed by atoms with Crippen LogP contribution >= 0.6 is 35.0 Å². The summed E-state index contributed by atoms with van der Waals surface area (Å²) in [6.45, 7) is 1.82. The summed E-state index contributed by atoms with van der Waals surface area (Å²) in [5.74, 6) is 0.702. The highest BCUT2D eigenvalue weighted by Gasteiger charge is 2.18. The van der Waals surface area contributed by atoms with Crippen LogP contribution in [0, 0.1) is 5.82 Å². The van der Waals surface area contributed by atoms with Crippen molar-refractivity contribution >= 4 is 46.6 Å². The first-order valence-corrected chi connectivity index (χ1v) is 10.3. The summed E-state index contributed by atoms with van der Waals surface area (Å²) < 4.78 is 20.5. The fourth-order valence-electron chi connectivity index (χ4n) is 2.48. The third-order valence-electron chi connectivity index (χ3n) is 3.89. The molecule has 3 aromatic rings. The zero-order valence-corrected chi connectivity index (χ0v) is 17.9. The van der Waals surface area contributed by atoms with Gasteiger partial charge in [0.2, 0.25) is 5.91 Å². The van der Waals surface area contributed by atoms with Gasteiger partial charge in [0.1, 0.15) is 11.6 Å². The number of rotatable bonds is 7. The highest BCUT2D eigenvalue weighted by molar-refractivity contribution is 7.99. The second-order valence-electron chi connectivity index (χ2n) is 6.08. The number of nitrogens with one attached hydrogen (secondary N) is 1. The van der Waals surface area contributed by atoms with Crippen molar-refractivity contribution in [1.82, 2.24) is 14.8 Å². The lowest BCUT2D eigenvalue weighted by Crippen LogP contribution is -2.15. The van der Waals surface area contributed by atoms with Gasteiger partial charge < -0.3 is 14.6 Å². The van der Waals surface area contributed by atoms with Crippen LogP contribution < -0.4 is 10.1 Å². The van der Waals surface area contributed by atoms with Crippen LogP contribution in [0.5, 0.6) is 5.75 Å². The van der Waals surface area contributed by atoms with E-state index in [0.29, 0.717) is 32.5 Å². The number of nitrogens with zero attached hydrogens (tertiary/aromatic N) is 3. The predicted molar refractivity (Wildman–Crippen MR) is 112 cm³/mol. The van der Waals surface area contributed by atoms with E-state index in [1.165, 1.54) is 23.9 Å². The molecule has 0 saturated carbocycles. The van der Waals surface area contributed by atoms with Gasteiger partial charge in [0.15, 0.2) is 17.1 Å². The highest BCUT2D eigenvalue weighted by atomic mass is 35.5. The summed E-state index contributed by atoms with van der Waals surface area (Å²) in [6.07, 6.45) is -0.405. The largest absolute Gasteiger partial charge is 0.483 e. The maximum atomic E-state index is 13.0. The number of aromatic nitrogens is 3. The molecular weight excluding hydrogens is 438 g/mol. The van der Waals surface area contributed by atoms with Crippen molar-refractivity contribution in [2.45, 2.75) is 18.2 Å². The molecule has 1 unspecified atom stereocenters. The van der Waals surface area contributed by atoms with E-state index in [1.807, 2.05) is 6.92 Å². The van der Waals surface area contributed by atoms with Crippen LogP contribution in [0.2, 0.25) is 10.0 Å². The minimum Gasteiger partial charge on any atom is -0.483 e. The Bertz CT molecular complexity index is 1010. The Morgan fingerprint density at radius 2 is 1.93 bits per heavy atom. The Morgan fingerprint density at radius 3 is 2.62 bits per heavy atom. The lowest BCUT2D eigenvalue weighted by Gasteiger charge is -2.14. The van der Waals surface area contributed by atoms with Gasteiger partial charge in [-0.05, 0) is 49.4 Å². The molecule has 1 atom stereocenters. The number of hydrogen-bond acceptors (Lipinski definition) is 5. The molecule has 1 heterocycles. The van der Waals surface area contributed by atoms with Gasteiger partial charge in [-0.2, -0.15) is 0 Å². The van der Waals surface area contributed by atoms with Gasteiger partial charge in [-0.1, -0.05) is 35.0 Å². The maximum absolute atomic E-state index is 13.0. The minimum atomic E-state index is -0.405. The predicted octanol–water partition coefficient (Wildman–Crippen LogP) is 5.13. The summed E-state index contributed by atoms with van der Waals surface area (Å²) in [7, 11) is 1.79. The number of anilines is 1. The highest BCUT2D eigenvalue weighted by Crippen LogP contribution is 2.26. The number of ether oxygens (including phenoxy) is 1. The number of benzene rings is 2. The van der Waals surface area contributed by atoms with Crippen molar-refractivity contribution in [3.05, 3.63) is 64.2 Å². The van der Waals surface area contributed by atoms with Crippen molar-refractivity contribution in [1.29, 1.82) is 0 Å². The monoisotopic (exact) mass is 454 g/mol. The summed E-state index contributed by atoms with van der Waals surface area (Å²) in [5, 5.41) is 12.4. The van der Waals surface area contributed by atoms with E-state index in [-0.39, 0.29) is 17.5 Å². The van der Waals surface area contributed by atoms with E-state index in [9.17, 15) is 9.18 Å². The first-order chi connectivity index (χ1) is 13.8. The molecule has 0 fully saturated rings. The van der Waals surface area contributed by atoms with E-state index < -0.39 is 6.10 Å². The van der Waals surface area contributed by atoms with E-state index in [2.05, 4.69) is 15.5 Å². The Balaban J connectivity index is 1.57. The first kappa shape index (κ1) is 21.4. The standard InChI is InChI=1S/C19H17Cl2FN4O2S/c1-11(28-14-6-3-12(22)4-7-14)18-24-25-19(26(18)2)29-10-17(27)23-13-5-8-15(20)16(21)9-13/h3-9,11H,10H2,1-2H3,(H,23,27). The molecule has 1 N–H and O–H groups in total. The van der Waals surface area contributed by atoms with Crippen LogP contribution in [-0.2, 0) is 11.8 Å². The van der Waals surface area contributed by atoms with Gasteiger partial charge in [-0.3, -0.25) is 4.79 Å². The maximum Gasteiger partial charge on any atom is 0.234 e. The number of amides is 1. The van der Waals surface area contributed by atoms with Crippen molar-refractivity contribution in [2.75, 3.05) is 11.1 Å². The van der Waals surface area contributed by atoms with Gasteiger partial charge >= 0.3 is 0 Å². The molecule has 0 bridgehead atoms. The Morgan fingerprint density at radius 1 is 1.21 bits per heavy atom. The fourth-order valence-corrected chi connectivity index (χ4v) is 3.49. The minimum absolute atomic E-state index is 0.138. The SMILES string of the molecule is CC(Oc1ccc(F)cc1)c1nnc(SCC(=O)Nc2ccc(Cl)c(Cl)c2)n1C. The Labute approximate surface area is 181 Å². The average Bonchev–Trinajstić information content (AvgIpc) is 3.05. The molecule has 0 radical (unpaired) electrons. The van der Waals surface area contributed by atoms with Crippen LogP contribution in [0.15, 0.2) is 47.6 Å². The Hall–Kier alpha value is -2.29. The molecule has 0 saturated heterocycles. The van der Waals surface area contributed by atoms with Crippen molar-refractivity contribution in [3.8, 4) is 5.75 Å². The van der Waals surface area contributed by atoms with Gasteiger partial charge in [0.05, 0.1) is 15.8 Å². The molecule has 1 aromatic heterocycles.